The zero-order valence-electron chi connectivity index (χ0n) is 11.2. The van der Waals surface area contributed by atoms with Crippen molar-refractivity contribution >= 4 is 0 Å². The van der Waals surface area contributed by atoms with E-state index < -0.39 is 0 Å². The van der Waals surface area contributed by atoms with Gasteiger partial charge in [-0.05, 0) is 45.4 Å². The molecule has 2 rings (SSSR count). The van der Waals surface area contributed by atoms with E-state index in [9.17, 15) is 10.2 Å². The summed E-state index contributed by atoms with van der Waals surface area (Å²) in [5.41, 5.74) is 0. The maximum atomic E-state index is 9.26. The Morgan fingerprint density at radius 1 is 1.00 bits per heavy atom. The summed E-state index contributed by atoms with van der Waals surface area (Å²) in [6.45, 7) is 6.59. The molecular weight excluding hydrogens is 230 g/mol. The molecule has 106 valence electrons. The average molecular weight is 257 g/mol. The SMILES string of the molecule is OCC(CO)N1CCCN(C2CCNCC2)CC1. The predicted octanol–water partition coefficient (Wildman–Crippen LogP) is -0.901. The number of aliphatic hydroxyl groups is 2. The van der Waals surface area contributed by atoms with Gasteiger partial charge in [-0.15, -0.1) is 0 Å². The van der Waals surface area contributed by atoms with Gasteiger partial charge in [0.05, 0.1) is 19.3 Å². The number of hydrogen-bond donors (Lipinski definition) is 3. The van der Waals surface area contributed by atoms with Crippen molar-refractivity contribution in [3.63, 3.8) is 0 Å². The van der Waals surface area contributed by atoms with Crippen molar-refractivity contribution in [1.29, 1.82) is 0 Å². The lowest BCUT2D eigenvalue weighted by molar-refractivity contribution is 0.0739. The van der Waals surface area contributed by atoms with Gasteiger partial charge in [0, 0.05) is 19.1 Å². The first-order chi connectivity index (χ1) is 8.85. The van der Waals surface area contributed by atoms with Crippen LogP contribution in [0.2, 0.25) is 0 Å². The highest BCUT2D eigenvalue weighted by Crippen LogP contribution is 2.15. The van der Waals surface area contributed by atoms with Gasteiger partial charge < -0.3 is 15.5 Å². The lowest BCUT2D eigenvalue weighted by Crippen LogP contribution is -2.46. The lowest BCUT2D eigenvalue weighted by atomic mass is 10.0. The fourth-order valence-corrected chi connectivity index (χ4v) is 3.15. The third-order valence-corrected chi connectivity index (χ3v) is 4.33. The standard InChI is InChI=1S/C13H27N3O2/c17-10-13(11-18)16-7-1-6-15(8-9-16)12-2-4-14-5-3-12/h12-14,17-18H,1-11H2. The van der Waals surface area contributed by atoms with Gasteiger partial charge in [0.2, 0.25) is 0 Å². The molecule has 0 aromatic rings. The van der Waals surface area contributed by atoms with E-state index in [1.54, 1.807) is 0 Å². The summed E-state index contributed by atoms with van der Waals surface area (Å²) in [6.07, 6.45) is 3.65. The van der Waals surface area contributed by atoms with Gasteiger partial charge in [0.25, 0.3) is 0 Å². The maximum absolute atomic E-state index is 9.26. The van der Waals surface area contributed by atoms with Crippen LogP contribution in [0.5, 0.6) is 0 Å². The van der Waals surface area contributed by atoms with E-state index in [2.05, 4.69) is 15.1 Å². The Morgan fingerprint density at radius 2 is 1.72 bits per heavy atom. The fourth-order valence-electron chi connectivity index (χ4n) is 3.15. The number of piperidine rings is 1. The van der Waals surface area contributed by atoms with E-state index in [1.807, 2.05) is 0 Å². The van der Waals surface area contributed by atoms with Crippen LogP contribution < -0.4 is 5.32 Å². The van der Waals surface area contributed by atoms with E-state index in [0.29, 0.717) is 0 Å². The van der Waals surface area contributed by atoms with E-state index in [1.165, 1.54) is 12.8 Å². The number of nitrogens with one attached hydrogen (secondary N) is 1. The van der Waals surface area contributed by atoms with Crippen LogP contribution in [0, 0.1) is 0 Å². The van der Waals surface area contributed by atoms with E-state index in [4.69, 9.17) is 0 Å². The van der Waals surface area contributed by atoms with E-state index in [-0.39, 0.29) is 19.3 Å². The van der Waals surface area contributed by atoms with E-state index >= 15 is 0 Å². The zero-order chi connectivity index (χ0) is 12.8. The molecular formula is C13H27N3O2. The lowest BCUT2D eigenvalue weighted by Gasteiger charge is -2.34. The first-order valence-electron chi connectivity index (χ1n) is 7.25. The Bertz CT molecular complexity index is 230. The van der Waals surface area contributed by atoms with Gasteiger partial charge in [-0.3, -0.25) is 9.80 Å². The van der Waals surface area contributed by atoms with Crippen molar-refractivity contribution in [3.8, 4) is 0 Å². The first-order valence-corrected chi connectivity index (χ1v) is 7.25. The molecule has 2 heterocycles. The van der Waals surface area contributed by atoms with Crippen LogP contribution in [-0.4, -0.2) is 84.6 Å². The molecule has 0 aromatic heterocycles. The molecule has 0 saturated carbocycles. The monoisotopic (exact) mass is 257 g/mol. The van der Waals surface area contributed by atoms with Crippen molar-refractivity contribution in [1.82, 2.24) is 15.1 Å². The zero-order valence-corrected chi connectivity index (χ0v) is 11.2. The van der Waals surface area contributed by atoms with E-state index in [0.717, 1.165) is 51.7 Å². The van der Waals surface area contributed by atoms with Crippen molar-refractivity contribution in [2.75, 3.05) is 52.5 Å². The third-order valence-electron chi connectivity index (χ3n) is 4.33. The van der Waals surface area contributed by atoms with Gasteiger partial charge >= 0.3 is 0 Å². The summed E-state index contributed by atoms with van der Waals surface area (Å²) in [7, 11) is 0. The van der Waals surface area contributed by atoms with Gasteiger partial charge in [-0.25, -0.2) is 0 Å². The second kappa shape index (κ2) is 7.40. The highest BCUT2D eigenvalue weighted by atomic mass is 16.3. The van der Waals surface area contributed by atoms with Gasteiger partial charge in [0.15, 0.2) is 0 Å². The highest BCUT2D eigenvalue weighted by molar-refractivity contribution is 4.82. The molecule has 2 fully saturated rings. The summed E-state index contributed by atoms with van der Waals surface area (Å²) < 4.78 is 0. The van der Waals surface area contributed by atoms with Crippen LogP contribution in [0.25, 0.3) is 0 Å². The minimum absolute atomic E-state index is 0.0594. The summed E-state index contributed by atoms with van der Waals surface area (Å²) in [6, 6.07) is 0.658. The second-order valence-corrected chi connectivity index (χ2v) is 5.43. The quantitative estimate of drug-likeness (QED) is 0.609. The van der Waals surface area contributed by atoms with Crippen molar-refractivity contribution in [2.24, 2.45) is 0 Å². The number of nitrogens with zero attached hydrogens (tertiary/aromatic N) is 2. The Balaban J connectivity index is 1.83. The third kappa shape index (κ3) is 3.65. The summed E-state index contributed by atoms with van der Waals surface area (Å²) in [5, 5.41) is 21.9. The second-order valence-electron chi connectivity index (χ2n) is 5.43. The van der Waals surface area contributed by atoms with Crippen LogP contribution in [0.15, 0.2) is 0 Å². The normalized spacial score (nSPS) is 25.5. The Kier molecular flexibility index (Phi) is 5.85. The van der Waals surface area contributed by atoms with Crippen molar-refractivity contribution < 1.29 is 10.2 Å². The smallest absolute Gasteiger partial charge is 0.0609 e. The molecule has 0 spiro atoms. The van der Waals surface area contributed by atoms with Crippen LogP contribution in [0.4, 0.5) is 0 Å². The molecule has 5 heteroatoms. The van der Waals surface area contributed by atoms with Gasteiger partial charge in [-0.1, -0.05) is 0 Å². The molecule has 0 amide bonds. The molecule has 3 N–H and O–H groups in total. The van der Waals surface area contributed by atoms with Crippen LogP contribution in [0.3, 0.4) is 0 Å². The molecule has 2 aliphatic rings. The minimum atomic E-state index is -0.0713. The molecule has 0 unspecified atom stereocenters. The number of aliphatic hydroxyl groups excluding tert-OH is 2. The molecule has 0 aliphatic carbocycles. The predicted molar refractivity (Wildman–Crippen MR) is 71.6 cm³/mol. The molecule has 5 nitrogen and oxygen atoms in total. The summed E-state index contributed by atoms with van der Waals surface area (Å²) in [5.74, 6) is 0. The number of rotatable bonds is 4. The molecule has 18 heavy (non-hydrogen) atoms. The fraction of sp³-hybridized carbons (Fsp3) is 1.00. The summed E-state index contributed by atoms with van der Waals surface area (Å²) in [4.78, 5) is 4.84. The molecule has 0 atom stereocenters. The maximum Gasteiger partial charge on any atom is 0.0609 e. The van der Waals surface area contributed by atoms with Crippen LogP contribution >= 0.6 is 0 Å². The average Bonchev–Trinajstić information content (AvgIpc) is 2.67. The topological polar surface area (TPSA) is 59.0 Å². The molecule has 0 radical (unpaired) electrons. The minimum Gasteiger partial charge on any atom is -0.395 e. The molecule has 2 aliphatic heterocycles. The highest BCUT2D eigenvalue weighted by Gasteiger charge is 2.25. The Hall–Kier alpha value is -0.200. The largest absolute Gasteiger partial charge is 0.395 e. The molecule has 0 aromatic carbocycles. The van der Waals surface area contributed by atoms with Crippen LogP contribution in [0.1, 0.15) is 19.3 Å². The molecule has 0 bridgehead atoms. The van der Waals surface area contributed by atoms with Crippen LogP contribution in [-0.2, 0) is 0 Å². The van der Waals surface area contributed by atoms with Gasteiger partial charge in [-0.2, -0.15) is 0 Å². The Morgan fingerprint density at radius 3 is 2.39 bits per heavy atom. The Labute approximate surface area is 110 Å². The first kappa shape index (κ1) is 14.2. The molecule has 2 saturated heterocycles. The van der Waals surface area contributed by atoms with Crippen molar-refractivity contribution in [3.05, 3.63) is 0 Å². The van der Waals surface area contributed by atoms with Gasteiger partial charge in [0.1, 0.15) is 0 Å². The van der Waals surface area contributed by atoms with Crippen molar-refractivity contribution in [2.45, 2.75) is 31.3 Å². The summed E-state index contributed by atoms with van der Waals surface area (Å²) >= 11 is 0. The number of hydrogen-bond acceptors (Lipinski definition) is 5.